The zero-order chi connectivity index (χ0) is 16.1. The van der Waals surface area contributed by atoms with E-state index in [9.17, 15) is 0 Å². The second kappa shape index (κ2) is 7.18. The van der Waals surface area contributed by atoms with Gasteiger partial charge in [-0.05, 0) is 30.5 Å². The highest BCUT2D eigenvalue weighted by molar-refractivity contribution is 5.76. The third-order valence-corrected chi connectivity index (χ3v) is 3.56. The molecule has 1 unspecified atom stereocenters. The molecule has 0 radical (unpaired) electrons. The minimum atomic E-state index is 0.0901. The van der Waals surface area contributed by atoms with Crippen molar-refractivity contribution in [2.75, 3.05) is 21.3 Å². The van der Waals surface area contributed by atoms with Crippen LogP contribution in [-0.4, -0.2) is 27.4 Å². The molecule has 0 aliphatic carbocycles. The van der Waals surface area contributed by atoms with Gasteiger partial charge in [0.2, 0.25) is 0 Å². The first-order valence-corrected chi connectivity index (χ1v) is 7.24. The lowest BCUT2D eigenvalue weighted by atomic mass is 9.94. The molecule has 1 atom stereocenters. The zero-order valence-corrected chi connectivity index (χ0v) is 13.6. The van der Waals surface area contributed by atoms with Crippen LogP contribution in [0.4, 0.5) is 0 Å². The number of hydrogen-bond donors (Lipinski definition) is 1. The van der Waals surface area contributed by atoms with Crippen molar-refractivity contribution in [2.45, 2.75) is 19.4 Å². The van der Waals surface area contributed by atoms with E-state index < -0.39 is 0 Å². The van der Waals surface area contributed by atoms with Gasteiger partial charge < -0.3 is 19.9 Å². The van der Waals surface area contributed by atoms with E-state index in [-0.39, 0.29) is 6.04 Å². The minimum absolute atomic E-state index is 0.0901. The van der Waals surface area contributed by atoms with Crippen molar-refractivity contribution in [3.63, 3.8) is 0 Å². The topological polar surface area (TPSA) is 53.7 Å². The molecule has 0 heterocycles. The molecule has 0 spiro atoms. The summed E-state index contributed by atoms with van der Waals surface area (Å²) in [5, 5.41) is 0. The number of benzene rings is 2. The van der Waals surface area contributed by atoms with Gasteiger partial charge in [-0.25, -0.2) is 0 Å². The van der Waals surface area contributed by atoms with Crippen LogP contribution in [0, 0.1) is 0 Å². The predicted octanol–water partition coefficient (Wildman–Crippen LogP) is 3.27. The van der Waals surface area contributed by atoms with E-state index in [0.29, 0.717) is 11.5 Å². The van der Waals surface area contributed by atoms with Gasteiger partial charge in [-0.15, -0.1) is 0 Å². The molecule has 0 bridgehead atoms. The van der Waals surface area contributed by atoms with Gasteiger partial charge in [-0.3, -0.25) is 0 Å². The number of hydrogen-bond acceptors (Lipinski definition) is 4. The molecule has 0 saturated carbocycles. The Kier molecular flexibility index (Phi) is 5.28. The molecule has 4 nitrogen and oxygen atoms in total. The normalized spacial score (nSPS) is 11.9. The van der Waals surface area contributed by atoms with Crippen LogP contribution < -0.4 is 19.9 Å². The fourth-order valence-electron chi connectivity index (χ4n) is 2.55. The van der Waals surface area contributed by atoms with Crippen LogP contribution in [0.3, 0.4) is 0 Å². The number of nitrogens with two attached hydrogens (primary N) is 1. The van der Waals surface area contributed by atoms with Gasteiger partial charge in [-0.1, -0.05) is 24.3 Å². The van der Waals surface area contributed by atoms with Crippen molar-refractivity contribution in [1.29, 1.82) is 0 Å². The van der Waals surface area contributed by atoms with Gasteiger partial charge in [0.15, 0.2) is 11.5 Å². The van der Waals surface area contributed by atoms with Crippen molar-refractivity contribution in [3.8, 4) is 28.4 Å². The summed E-state index contributed by atoms with van der Waals surface area (Å²) in [6.07, 6.45) is 0.799. The molecule has 2 N–H and O–H groups in total. The Morgan fingerprint density at radius 3 is 2.05 bits per heavy atom. The summed E-state index contributed by atoms with van der Waals surface area (Å²) < 4.78 is 16.3. The van der Waals surface area contributed by atoms with Crippen LogP contribution in [0.2, 0.25) is 0 Å². The molecule has 22 heavy (non-hydrogen) atoms. The molecular formula is C18H23NO3. The SMILES string of the molecule is COc1cc(OC)c(-c2ccccc2CC(C)N)cc1OC. The fraction of sp³-hybridized carbons (Fsp3) is 0.333. The van der Waals surface area contributed by atoms with E-state index in [4.69, 9.17) is 19.9 Å². The lowest BCUT2D eigenvalue weighted by Gasteiger charge is -2.17. The molecule has 4 heteroatoms. The standard InChI is InChI=1S/C18H23NO3/c1-12(19)9-13-7-5-6-8-14(13)15-10-17(21-3)18(22-4)11-16(15)20-2/h5-8,10-12H,9,19H2,1-4H3. The maximum atomic E-state index is 5.97. The van der Waals surface area contributed by atoms with Gasteiger partial charge in [0.1, 0.15) is 5.75 Å². The maximum absolute atomic E-state index is 5.97. The van der Waals surface area contributed by atoms with Crippen LogP contribution in [0.1, 0.15) is 12.5 Å². The first-order chi connectivity index (χ1) is 10.6. The van der Waals surface area contributed by atoms with Crippen LogP contribution in [0.25, 0.3) is 11.1 Å². The Bertz CT molecular complexity index is 638. The van der Waals surface area contributed by atoms with Crippen LogP contribution in [0.5, 0.6) is 17.2 Å². The van der Waals surface area contributed by atoms with Crippen molar-refractivity contribution in [1.82, 2.24) is 0 Å². The third-order valence-electron chi connectivity index (χ3n) is 3.56. The van der Waals surface area contributed by atoms with Gasteiger partial charge >= 0.3 is 0 Å². The predicted molar refractivity (Wildman–Crippen MR) is 88.9 cm³/mol. The summed E-state index contributed by atoms with van der Waals surface area (Å²) >= 11 is 0. The average Bonchev–Trinajstić information content (AvgIpc) is 2.53. The largest absolute Gasteiger partial charge is 0.496 e. The molecule has 0 aliphatic rings. The van der Waals surface area contributed by atoms with E-state index >= 15 is 0 Å². The van der Waals surface area contributed by atoms with Crippen LogP contribution >= 0.6 is 0 Å². The first-order valence-electron chi connectivity index (χ1n) is 7.24. The lowest BCUT2D eigenvalue weighted by Crippen LogP contribution is -2.18. The molecule has 0 aliphatic heterocycles. The van der Waals surface area contributed by atoms with Crippen molar-refractivity contribution in [3.05, 3.63) is 42.0 Å². The van der Waals surface area contributed by atoms with Crippen molar-refractivity contribution >= 4 is 0 Å². The molecule has 118 valence electrons. The average molecular weight is 301 g/mol. The molecule has 2 aromatic rings. The molecule has 2 aromatic carbocycles. The molecule has 0 amide bonds. The summed E-state index contributed by atoms with van der Waals surface area (Å²) in [5.41, 5.74) is 9.21. The molecule has 0 fully saturated rings. The minimum Gasteiger partial charge on any atom is -0.496 e. The highest BCUT2D eigenvalue weighted by Crippen LogP contribution is 2.41. The summed E-state index contributed by atoms with van der Waals surface area (Å²) in [5.74, 6) is 2.07. The van der Waals surface area contributed by atoms with E-state index in [1.54, 1.807) is 21.3 Å². The number of methoxy groups -OCH3 is 3. The highest BCUT2D eigenvalue weighted by atomic mass is 16.5. The van der Waals surface area contributed by atoms with Gasteiger partial charge in [0, 0.05) is 17.7 Å². The Morgan fingerprint density at radius 1 is 0.864 bits per heavy atom. The van der Waals surface area contributed by atoms with E-state index in [1.165, 1.54) is 5.56 Å². The number of rotatable bonds is 6. The van der Waals surface area contributed by atoms with Crippen LogP contribution in [-0.2, 0) is 6.42 Å². The quantitative estimate of drug-likeness (QED) is 0.889. The summed E-state index contributed by atoms with van der Waals surface area (Å²) in [6, 6.07) is 12.1. The summed E-state index contributed by atoms with van der Waals surface area (Å²) in [4.78, 5) is 0. The first kappa shape index (κ1) is 16.2. The highest BCUT2D eigenvalue weighted by Gasteiger charge is 2.16. The van der Waals surface area contributed by atoms with Crippen molar-refractivity contribution < 1.29 is 14.2 Å². The van der Waals surface area contributed by atoms with Crippen molar-refractivity contribution in [2.24, 2.45) is 5.73 Å². The summed E-state index contributed by atoms with van der Waals surface area (Å²) in [6.45, 7) is 2.00. The molecular weight excluding hydrogens is 278 g/mol. The smallest absolute Gasteiger partial charge is 0.164 e. The van der Waals surface area contributed by atoms with Gasteiger partial charge in [-0.2, -0.15) is 0 Å². The van der Waals surface area contributed by atoms with Crippen LogP contribution in [0.15, 0.2) is 36.4 Å². The second-order valence-electron chi connectivity index (χ2n) is 5.25. The number of ether oxygens (including phenoxy) is 3. The van der Waals surface area contributed by atoms with Gasteiger partial charge in [0.25, 0.3) is 0 Å². The zero-order valence-electron chi connectivity index (χ0n) is 13.6. The monoisotopic (exact) mass is 301 g/mol. The molecule has 0 aromatic heterocycles. The Hall–Kier alpha value is -2.20. The maximum Gasteiger partial charge on any atom is 0.164 e. The molecule has 0 saturated heterocycles. The summed E-state index contributed by atoms with van der Waals surface area (Å²) in [7, 11) is 4.89. The third kappa shape index (κ3) is 3.34. The van der Waals surface area contributed by atoms with Gasteiger partial charge in [0.05, 0.1) is 21.3 Å². The van der Waals surface area contributed by atoms with E-state index in [0.717, 1.165) is 23.3 Å². The Morgan fingerprint density at radius 2 is 1.45 bits per heavy atom. The molecule has 2 rings (SSSR count). The Labute approximate surface area is 131 Å². The second-order valence-corrected chi connectivity index (χ2v) is 5.25. The van der Waals surface area contributed by atoms with E-state index in [1.807, 2.05) is 31.2 Å². The Balaban J connectivity index is 2.61. The lowest BCUT2D eigenvalue weighted by molar-refractivity contribution is 0.349. The van der Waals surface area contributed by atoms with E-state index in [2.05, 4.69) is 12.1 Å². The fourth-order valence-corrected chi connectivity index (χ4v) is 2.55.